The Morgan fingerprint density at radius 1 is 1.00 bits per heavy atom. The molecule has 1 fully saturated rings. The molecular weight excluding hydrogens is 252 g/mol. The van der Waals surface area contributed by atoms with Crippen molar-refractivity contribution in [1.82, 2.24) is 4.90 Å². The lowest BCUT2D eigenvalue weighted by molar-refractivity contribution is -0.126. The third kappa shape index (κ3) is 26.7. The van der Waals surface area contributed by atoms with E-state index in [9.17, 15) is 4.79 Å². The summed E-state index contributed by atoms with van der Waals surface area (Å²) < 4.78 is 0. The molecule has 1 saturated heterocycles. The van der Waals surface area contributed by atoms with Crippen LogP contribution in [0.5, 0.6) is 0 Å². The van der Waals surface area contributed by atoms with E-state index in [0.717, 1.165) is 19.4 Å². The molecule has 0 aliphatic carbocycles. The van der Waals surface area contributed by atoms with Gasteiger partial charge in [0.05, 0.1) is 19.8 Å². The molecule has 1 heterocycles. The summed E-state index contributed by atoms with van der Waals surface area (Å²) in [4.78, 5) is 12.3. The van der Waals surface area contributed by atoms with Crippen molar-refractivity contribution in [3.8, 4) is 0 Å². The van der Waals surface area contributed by atoms with Crippen LogP contribution in [0.4, 0.5) is 0 Å². The molecule has 8 nitrogen and oxygen atoms in total. The summed E-state index contributed by atoms with van der Waals surface area (Å²) in [7, 11) is 1.84. The third-order valence-electron chi connectivity index (χ3n) is 1.70. The minimum atomic E-state index is 0.0972. The van der Waals surface area contributed by atoms with Crippen molar-refractivity contribution < 1.29 is 20.1 Å². The average Bonchev–Trinajstić information content (AvgIpc) is 2.83. The number of rotatable bonds is 3. The molecule has 1 amide bonds. The van der Waals surface area contributed by atoms with Crippen molar-refractivity contribution in [3.63, 3.8) is 0 Å². The maximum atomic E-state index is 10.5. The van der Waals surface area contributed by atoms with E-state index in [1.165, 1.54) is 0 Å². The summed E-state index contributed by atoms with van der Waals surface area (Å²) >= 11 is 0. The van der Waals surface area contributed by atoms with Crippen LogP contribution in [-0.2, 0) is 4.79 Å². The number of likely N-dealkylation sites (tertiary alicyclic amines) is 1. The van der Waals surface area contributed by atoms with Crippen LogP contribution in [-0.4, -0.2) is 79.2 Å². The normalized spacial score (nSPS) is 12.6. The maximum Gasteiger partial charge on any atom is 0.222 e. The number of nitrogens with two attached hydrogens (primary N) is 3. The fourth-order valence-electron chi connectivity index (χ4n) is 0.783. The van der Waals surface area contributed by atoms with E-state index in [1.807, 2.05) is 7.05 Å². The van der Waals surface area contributed by atoms with Crippen LogP contribution in [0.2, 0.25) is 0 Å². The first-order chi connectivity index (χ1) is 9.05. The second kappa shape index (κ2) is 22.4. The molecule has 0 radical (unpaired) electrons. The number of amides is 1. The van der Waals surface area contributed by atoms with Crippen LogP contribution in [0.25, 0.3) is 0 Å². The first-order valence-electron chi connectivity index (χ1n) is 6.22. The lowest BCUT2D eigenvalue weighted by Gasteiger charge is -2.03. The summed E-state index contributed by atoms with van der Waals surface area (Å²) in [5, 5.41) is 23.2. The first-order valence-corrected chi connectivity index (χ1v) is 6.22. The van der Waals surface area contributed by atoms with Crippen LogP contribution in [0, 0.1) is 0 Å². The standard InChI is InChI=1S/C5H9NO.3C2H7NO/c1-6-4-2-3-5(6)7;3*3-1-2-4/h2-4H2,1H3;3*4H,1-3H2. The number of nitrogens with zero attached hydrogens (tertiary/aromatic N) is 1. The second-order valence-electron chi connectivity index (χ2n) is 3.46. The quantitative estimate of drug-likeness (QED) is 0.323. The second-order valence-corrected chi connectivity index (χ2v) is 3.46. The Labute approximate surface area is 115 Å². The average molecular weight is 282 g/mol. The molecule has 8 heteroatoms. The monoisotopic (exact) mass is 282 g/mol. The van der Waals surface area contributed by atoms with E-state index in [-0.39, 0.29) is 19.8 Å². The zero-order valence-corrected chi connectivity index (χ0v) is 11.8. The van der Waals surface area contributed by atoms with Crippen molar-refractivity contribution in [2.24, 2.45) is 17.2 Å². The number of hydrogen-bond donors (Lipinski definition) is 6. The number of aliphatic hydroxyl groups is 3. The Morgan fingerprint density at radius 2 is 1.32 bits per heavy atom. The van der Waals surface area contributed by atoms with Gasteiger partial charge < -0.3 is 37.4 Å². The summed E-state index contributed by atoms with van der Waals surface area (Å²) in [6.45, 7) is 2.37. The van der Waals surface area contributed by atoms with Gasteiger partial charge in [-0.25, -0.2) is 0 Å². The molecular formula is C11H30N4O4. The van der Waals surface area contributed by atoms with E-state index in [1.54, 1.807) is 4.90 Å². The van der Waals surface area contributed by atoms with Crippen LogP contribution in [0.15, 0.2) is 0 Å². The van der Waals surface area contributed by atoms with E-state index < -0.39 is 0 Å². The first kappa shape index (κ1) is 23.3. The van der Waals surface area contributed by atoms with Gasteiger partial charge >= 0.3 is 0 Å². The van der Waals surface area contributed by atoms with Gasteiger partial charge in [-0.3, -0.25) is 4.79 Å². The largest absolute Gasteiger partial charge is 0.395 e. The van der Waals surface area contributed by atoms with Crippen LogP contribution >= 0.6 is 0 Å². The topological polar surface area (TPSA) is 159 Å². The molecule has 1 aliphatic rings. The summed E-state index contributed by atoms with van der Waals surface area (Å²) in [5.74, 6) is 0.292. The Balaban J connectivity index is -0.000000189. The van der Waals surface area contributed by atoms with Gasteiger partial charge in [-0.05, 0) is 6.42 Å². The van der Waals surface area contributed by atoms with Crippen LogP contribution < -0.4 is 17.2 Å². The highest BCUT2D eigenvalue weighted by atomic mass is 16.3. The number of carbonyl (C=O) groups is 1. The Hall–Kier alpha value is -0.770. The van der Waals surface area contributed by atoms with E-state index in [4.69, 9.17) is 32.5 Å². The summed E-state index contributed by atoms with van der Waals surface area (Å²) in [6.07, 6.45) is 1.81. The number of hydrogen-bond acceptors (Lipinski definition) is 7. The smallest absolute Gasteiger partial charge is 0.222 e. The molecule has 0 bridgehead atoms. The molecule has 1 aliphatic heterocycles. The predicted molar refractivity (Wildman–Crippen MR) is 75.3 cm³/mol. The zero-order chi connectivity index (χ0) is 15.5. The molecule has 1 rings (SSSR count). The van der Waals surface area contributed by atoms with Gasteiger partial charge in [0.15, 0.2) is 0 Å². The van der Waals surface area contributed by atoms with E-state index in [2.05, 4.69) is 0 Å². The highest BCUT2D eigenvalue weighted by molar-refractivity contribution is 5.77. The van der Waals surface area contributed by atoms with Crippen LogP contribution in [0.3, 0.4) is 0 Å². The van der Waals surface area contributed by atoms with Gasteiger partial charge in [0.1, 0.15) is 0 Å². The molecule has 0 spiro atoms. The van der Waals surface area contributed by atoms with E-state index >= 15 is 0 Å². The van der Waals surface area contributed by atoms with Gasteiger partial charge in [0, 0.05) is 39.6 Å². The summed E-state index contributed by atoms with van der Waals surface area (Å²) in [5.41, 5.74) is 14.3. The maximum absolute atomic E-state index is 10.5. The fourth-order valence-corrected chi connectivity index (χ4v) is 0.783. The minimum absolute atomic E-state index is 0.0972. The van der Waals surface area contributed by atoms with Crippen molar-refractivity contribution in [2.45, 2.75) is 12.8 Å². The molecule has 0 saturated carbocycles. The number of aliphatic hydroxyl groups excluding tert-OH is 3. The molecule has 118 valence electrons. The molecule has 0 unspecified atom stereocenters. The molecule has 19 heavy (non-hydrogen) atoms. The van der Waals surface area contributed by atoms with E-state index in [0.29, 0.717) is 25.5 Å². The van der Waals surface area contributed by atoms with Crippen molar-refractivity contribution in [2.75, 3.05) is 53.0 Å². The predicted octanol–water partition coefficient (Wildman–Crippen LogP) is -2.95. The third-order valence-corrected chi connectivity index (χ3v) is 1.70. The fraction of sp³-hybridized carbons (Fsp3) is 0.909. The summed E-state index contributed by atoms with van der Waals surface area (Å²) in [6, 6.07) is 0. The highest BCUT2D eigenvalue weighted by Gasteiger charge is 2.14. The Kier molecular flexibility index (Phi) is 27.5. The number of carbonyl (C=O) groups excluding carboxylic acids is 1. The van der Waals surface area contributed by atoms with Crippen molar-refractivity contribution in [3.05, 3.63) is 0 Å². The Bertz CT molecular complexity index is 157. The van der Waals surface area contributed by atoms with Gasteiger partial charge in [-0.2, -0.15) is 0 Å². The Morgan fingerprint density at radius 3 is 1.37 bits per heavy atom. The van der Waals surface area contributed by atoms with Gasteiger partial charge in [-0.1, -0.05) is 0 Å². The lowest BCUT2D eigenvalue weighted by atomic mass is 10.4. The van der Waals surface area contributed by atoms with Gasteiger partial charge in [-0.15, -0.1) is 0 Å². The lowest BCUT2D eigenvalue weighted by Crippen LogP contribution is -2.17. The van der Waals surface area contributed by atoms with Crippen LogP contribution in [0.1, 0.15) is 12.8 Å². The van der Waals surface area contributed by atoms with Crippen molar-refractivity contribution in [1.29, 1.82) is 0 Å². The van der Waals surface area contributed by atoms with Gasteiger partial charge in [0.25, 0.3) is 0 Å². The van der Waals surface area contributed by atoms with Crippen molar-refractivity contribution >= 4 is 5.91 Å². The van der Waals surface area contributed by atoms with Gasteiger partial charge in [0.2, 0.25) is 5.91 Å². The highest BCUT2D eigenvalue weighted by Crippen LogP contribution is 2.04. The molecule has 0 aromatic rings. The zero-order valence-electron chi connectivity index (χ0n) is 11.8. The molecule has 0 aromatic carbocycles. The SMILES string of the molecule is CN1CCCC1=O.NCCO.NCCO.NCCO. The molecule has 0 atom stereocenters. The minimum Gasteiger partial charge on any atom is -0.395 e. The molecule has 9 N–H and O–H groups in total. The molecule has 0 aromatic heterocycles.